The van der Waals surface area contributed by atoms with Crippen molar-refractivity contribution in [1.29, 1.82) is 0 Å². The van der Waals surface area contributed by atoms with E-state index in [1.165, 1.54) is 36.5 Å². The Bertz CT molecular complexity index is 989. The normalized spacial score (nSPS) is 11.1. The minimum Gasteiger partial charge on any atom is -0.508 e. The second-order valence-electron chi connectivity index (χ2n) is 5.35. The molecular weight excluding hydrogens is 326 g/mol. The van der Waals surface area contributed by atoms with E-state index in [1.54, 1.807) is 19.1 Å². The average molecular weight is 339 g/mol. The van der Waals surface area contributed by atoms with Gasteiger partial charge in [-0.3, -0.25) is 14.9 Å². The van der Waals surface area contributed by atoms with Crippen LogP contribution in [0.5, 0.6) is 5.75 Å². The highest BCUT2D eigenvalue weighted by Crippen LogP contribution is 2.29. The molecule has 0 atom stereocenters. The molecule has 0 radical (unpaired) electrons. The standard InChI is InChI=1S/C17H13N3O5/c1-10-6-12-8-14(25-16(12)15(7-10)20(23)24)9-18-19-17(22)11-2-4-13(21)5-3-11/h2-9,21H,1H3,(H,19,22)/b18-9+. The fourth-order valence-electron chi connectivity index (χ4n) is 2.33. The van der Waals surface area contributed by atoms with Gasteiger partial charge in [-0.1, -0.05) is 0 Å². The predicted octanol–water partition coefficient (Wildman–Crippen LogP) is 3.12. The number of amides is 1. The fraction of sp³-hybridized carbons (Fsp3) is 0.0588. The van der Waals surface area contributed by atoms with Crippen LogP contribution in [0.3, 0.4) is 0 Å². The molecule has 0 fully saturated rings. The summed E-state index contributed by atoms with van der Waals surface area (Å²) in [6, 6.07) is 10.5. The van der Waals surface area contributed by atoms with Crippen molar-refractivity contribution in [3.05, 3.63) is 69.5 Å². The van der Waals surface area contributed by atoms with E-state index in [-0.39, 0.29) is 22.8 Å². The zero-order chi connectivity index (χ0) is 18.0. The number of nitrogens with one attached hydrogen (secondary N) is 1. The summed E-state index contributed by atoms with van der Waals surface area (Å²) in [6.07, 6.45) is 1.26. The molecule has 1 heterocycles. The Balaban J connectivity index is 1.79. The molecule has 0 aliphatic carbocycles. The molecular formula is C17H13N3O5. The average Bonchev–Trinajstić information content (AvgIpc) is 2.96. The molecule has 3 rings (SSSR count). The second-order valence-corrected chi connectivity index (χ2v) is 5.35. The van der Waals surface area contributed by atoms with Crippen LogP contribution in [0.2, 0.25) is 0 Å². The number of carbonyl (C=O) groups is 1. The van der Waals surface area contributed by atoms with Gasteiger partial charge in [-0.25, -0.2) is 5.43 Å². The predicted molar refractivity (Wildman–Crippen MR) is 90.8 cm³/mol. The van der Waals surface area contributed by atoms with Crippen molar-refractivity contribution >= 4 is 28.8 Å². The van der Waals surface area contributed by atoms with E-state index in [2.05, 4.69) is 10.5 Å². The quantitative estimate of drug-likeness (QED) is 0.430. The van der Waals surface area contributed by atoms with Gasteiger partial charge in [0.2, 0.25) is 5.58 Å². The maximum atomic E-state index is 11.9. The first-order valence-corrected chi connectivity index (χ1v) is 7.25. The molecule has 0 aliphatic rings. The maximum Gasteiger partial charge on any atom is 0.312 e. The third-order valence-electron chi connectivity index (χ3n) is 3.44. The third kappa shape index (κ3) is 3.47. The number of hydrazone groups is 1. The van der Waals surface area contributed by atoms with Gasteiger partial charge in [-0.05, 0) is 48.9 Å². The minimum atomic E-state index is -0.508. The highest BCUT2D eigenvalue weighted by molar-refractivity contribution is 5.95. The van der Waals surface area contributed by atoms with Crippen molar-refractivity contribution in [2.24, 2.45) is 5.10 Å². The molecule has 8 nitrogen and oxygen atoms in total. The van der Waals surface area contributed by atoms with E-state index in [0.29, 0.717) is 10.9 Å². The number of phenols is 1. The number of rotatable bonds is 4. The van der Waals surface area contributed by atoms with Crippen LogP contribution in [-0.4, -0.2) is 22.2 Å². The highest BCUT2D eigenvalue weighted by atomic mass is 16.6. The lowest BCUT2D eigenvalue weighted by atomic mass is 10.1. The first-order chi connectivity index (χ1) is 11.9. The molecule has 0 saturated carbocycles. The molecule has 2 aromatic carbocycles. The maximum absolute atomic E-state index is 11.9. The lowest BCUT2D eigenvalue weighted by Gasteiger charge is -1.99. The first kappa shape index (κ1) is 16.2. The number of nitrogens with zero attached hydrogens (tertiary/aromatic N) is 2. The van der Waals surface area contributed by atoms with Gasteiger partial charge in [-0.15, -0.1) is 0 Å². The Kier molecular flexibility index (Phi) is 4.17. The SMILES string of the molecule is Cc1cc([N+](=O)[O-])c2oc(/C=N/NC(=O)c3ccc(O)cc3)cc2c1. The monoisotopic (exact) mass is 339 g/mol. The van der Waals surface area contributed by atoms with Gasteiger partial charge in [0.25, 0.3) is 5.91 Å². The molecule has 0 spiro atoms. The first-order valence-electron chi connectivity index (χ1n) is 7.25. The number of benzene rings is 2. The molecule has 25 heavy (non-hydrogen) atoms. The number of fused-ring (bicyclic) bond motifs is 1. The van der Waals surface area contributed by atoms with Crippen LogP contribution in [0.15, 0.2) is 52.0 Å². The lowest BCUT2D eigenvalue weighted by Crippen LogP contribution is -2.17. The Hall–Kier alpha value is -3.68. The number of nitro benzene ring substituents is 1. The lowest BCUT2D eigenvalue weighted by molar-refractivity contribution is -0.383. The molecule has 0 saturated heterocycles. The van der Waals surface area contributed by atoms with Crippen LogP contribution < -0.4 is 5.43 Å². The summed E-state index contributed by atoms with van der Waals surface area (Å²) in [5, 5.41) is 24.7. The Labute approximate surface area is 141 Å². The Morgan fingerprint density at radius 1 is 1.28 bits per heavy atom. The van der Waals surface area contributed by atoms with Gasteiger partial charge in [0.05, 0.1) is 11.1 Å². The number of hydrogen-bond acceptors (Lipinski definition) is 6. The summed E-state index contributed by atoms with van der Waals surface area (Å²) >= 11 is 0. The molecule has 1 amide bonds. The van der Waals surface area contributed by atoms with Crippen molar-refractivity contribution in [2.75, 3.05) is 0 Å². The number of aromatic hydroxyl groups is 1. The van der Waals surface area contributed by atoms with Crippen molar-refractivity contribution in [1.82, 2.24) is 5.43 Å². The number of phenolic OH excluding ortho intramolecular Hbond substituents is 1. The number of aryl methyl sites for hydroxylation is 1. The van der Waals surface area contributed by atoms with E-state index >= 15 is 0 Å². The van der Waals surface area contributed by atoms with Crippen LogP contribution in [0.1, 0.15) is 21.7 Å². The number of carbonyl (C=O) groups excluding carboxylic acids is 1. The van der Waals surface area contributed by atoms with E-state index in [4.69, 9.17) is 4.42 Å². The number of non-ortho nitro benzene ring substituents is 1. The number of nitro groups is 1. The fourth-order valence-corrected chi connectivity index (χ4v) is 2.33. The van der Waals surface area contributed by atoms with Crippen LogP contribution >= 0.6 is 0 Å². The number of hydrogen-bond donors (Lipinski definition) is 2. The largest absolute Gasteiger partial charge is 0.508 e. The van der Waals surface area contributed by atoms with Gasteiger partial charge in [-0.2, -0.15) is 5.10 Å². The van der Waals surface area contributed by atoms with Crippen molar-refractivity contribution in [2.45, 2.75) is 6.92 Å². The summed E-state index contributed by atoms with van der Waals surface area (Å²) < 4.78 is 5.44. The summed E-state index contributed by atoms with van der Waals surface area (Å²) in [4.78, 5) is 22.5. The van der Waals surface area contributed by atoms with E-state index < -0.39 is 10.8 Å². The van der Waals surface area contributed by atoms with Gasteiger partial charge in [0.1, 0.15) is 11.5 Å². The van der Waals surface area contributed by atoms with Crippen LogP contribution in [0.25, 0.3) is 11.0 Å². The van der Waals surface area contributed by atoms with Gasteiger partial charge in [0.15, 0.2) is 0 Å². The molecule has 2 N–H and O–H groups in total. The topological polar surface area (TPSA) is 118 Å². The molecule has 3 aromatic rings. The van der Waals surface area contributed by atoms with E-state index in [9.17, 15) is 20.0 Å². The molecule has 0 bridgehead atoms. The molecule has 8 heteroatoms. The zero-order valence-corrected chi connectivity index (χ0v) is 13.1. The van der Waals surface area contributed by atoms with Crippen molar-refractivity contribution in [3.63, 3.8) is 0 Å². The summed E-state index contributed by atoms with van der Waals surface area (Å²) in [5.41, 5.74) is 3.41. The van der Waals surface area contributed by atoms with Crippen molar-refractivity contribution in [3.8, 4) is 5.75 Å². The summed E-state index contributed by atoms with van der Waals surface area (Å²) in [5.74, 6) is -0.136. The molecule has 0 unspecified atom stereocenters. The summed E-state index contributed by atoms with van der Waals surface area (Å²) in [7, 11) is 0. The van der Waals surface area contributed by atoms with Crippen LogP contribution in [0.4, 0.5) is 5.69 Å². The Morgan fingerprint density at radius 2 is 2.00 bits per heavy atom. The van der Waals surface area contributed by atoms with Crippen LogP contribution in [0, 0.1) is 17.0 Å². The summed E-state index contributed by atoms with van der Waals surface area (Å²) in [6.45, 7) is 1.76. The zero-order valence-electron chi connectivity index (χ0n) is 13.1. The van der Waals surface area contributed by atoms with Gasteiger partial charge < -0.3 is 9.52 Å². The minimum absolute atomic E-state index is 0.0548. The number of furan rings is 1. The van der Waals surface area contributed by atoms with Gasteiger partial charge >= 0.3 is 5.69 Å². The smallest absolute Gasteiger partial charge is 0.312 e. The molecule has 1 aromatic heterocycles. The molecule has 126 valence electrons. The third-order valence-corrected chi connectivity index (χ3v) is 3.44. The Morgan fingerprint density at radius 3 is 2.68 bits per heavy atom. The molecule has 0 aliphatic heterocycles. The van der Waals surface area contributed by atoms with Crippen molar-refractivity contribution < 1.29 is 19.2 Å². The van der Waals surface area contributed by atoms with E-state index in [0.717, 1.165) is 5.56 Å². The van der Waals surface area contributed by atoms with E-state index in [1.807, 2.05) is 0 Å². The second kappa shape index (κ2) is 6.44. The highest BCUT2D eigenvalue weighted by Gasteiger charge is 2.17. The van der Waals surface area contributed by atoms with Gasteiger partial charge in [0, 0.05) is 17.0 Å². The van der Waals surface area contributed by atoms with Crippen LogP contribution in [-0.2, 0) is 0 Å².